The van der Waals surface area contributed by atoms with Crippen molar-refractivity contribution in [1.82, 2.24) is 20.6 Å². The summed E-state index contributed by atoms with van der Waals surface area (Å²) in [7, 11) is 0. The van der Waals surface area contributed by atoms with Crippen LogP contribution in [0.2, 0.25) is 0 Å². The highest BCUT2D eigenvalue weighted by molar-refractivity contribution is 7.99. The van der Waals surface area contributed by atoms with Crippen LogP contribution in [-0.2, 0) is 4.79 Å². The van der Waals surface area contributed by atoms with Crippen LogP contribution in [0.3, 0.4) is 0 Å². The number of fused-ring (bicyclic) bond motifs is 3. The zero-order valence-corrected chi connectivity index (χ0v) is 14.2. The van der Waals surface area contributed by atoms with Gasteiger partial charge in [-0.3, -0.25) is 15.0 Å². The molecule has 0 saturated carbocycles. The SMILES string of the molecule is NNC(=O)CSc1nnc(-c2c[nH]c3c(ccc4ccccc43)c2=O)o1. The number of amides is 1. The van der Waals surface area contributed by atoms with Gasteiger partial charge in [0, 0.05) is 17.0 Å². The third kappa shape index (κ3) is 2.83. The Hall–Kier alpha value is -3.17. The molecule has 4 N–H and O–H groups in total. The summed E-state index contributed by atoms with van der Waals surface area (Å²) in [5.41, 5.74) is 2.84. The molecule has 0 unspecified atom stereocenters. The van der Waals surface area contributed by atoms with Gasteiger partial charge in [-0.25, -0.2) is 5.84 Å². The lowest BCUT2D eigenvalue weighted by Gasteiger charge is -2.04. The molecule has 0 bridgehead atoms. The Balaban J connectivity index is 1.75. The van der Waals surface area contributed by atoms with Crippen LogP contribution in [0.15, 0.2) is 57.0 Å². The number of carbonyl (C=O) groups excluding carboxylic acids is 1. The van der Waals surface area contributed by atoms with E-state index in [1.54, 1.807) is 12.3 Å². The summed E-state index contributed by atoms with van der Waals surface area (Å²) in [6.07, 6.45) is 1.56. The van der Waals surface area contributed by atoms with Crippen LogP contribution in [0, 0.1) is 0 Å². The Morgan fingerprint density at radius 2 is 2.04 bits per heavy atom. The van der Waals surface area contributed by atoms with E-state index in [1.165, 1.54) is 0 Å². The first kappa shape index (κ1) is 16.3. The third-order valence-electron chi connectivity index (χ3n) is 3.90. The molecule has 26 heavy (non-hydrogen) atoms. The van der Waals surface area contributed by atoms with Gasteiger partial charge in [-0.2, -0.15) is 0 Å². The van der Waals surface area contributed by atoms with Crippen molar-refractivity contribution in [3.05, 3.63) is 52.8 Å². The number of aromatic amines is 1. The van der Waals surface area contributed by atoms with Gasteiger partial charge in [0.1, 0.15) is 5.56 Å². The number of nitrogens with zero attached hydrogens (tertiary/aromatic N) is 2. The molecular formula is C17H13N5O3S. The van der Waals surface area contributed by atoms with Crippen LogP contribution >= 0.6 is 11.8 Å². The van der Waals surface area contributed by atoms with Crippen LogP contribution in [0.1, 0.15) is 0 Å². The van der Waals surface area contributed by atoms with Gasteiger partial charge in [-0.15, -0.1) is 10.2 Å². The van der Waals surface area contributed by atoms with Gasteiger partial charge in [0.25, 0.3) is 11.1 Å². The molecule has 0 saturated heterocycles. The summed E-state index contributed by atoms with van der Waals surface area (Å²) < 4.78 is 5.48. The molecule has 2 heterocycles. The van der Waals surface area contributed by atoms with Gasteiger partial charge in [0.05, 0.1) is 11.3 Å². The van der Waals surface area contributed by atoms with Crippen molar-refractivity contribution in [2.45, 2.75) is 5.22 Å². The molecule has 2 aromatic heterocycles. The van der Waals surface area contributed by atoms with Crippen LogP contribution < -0.4 is 16.7 Å². The Morgan fingerprint density at radius 3 is 2.88 bits per heavy atom. The molecule has 0 aliphatic heterocycles. The first-order valence-corrected chi connectivity index (χ1v) is 8.65. The minimum absolute atomic E-state index is 0.0399. The van der Waals surface area contributed by atoms with Crippen molar-refractivity contribution in [1.29, 1.82) is 0 Å². The van der Waals surface area contributed by atoms with Gasteiger partial charge in [-0.05, 0) is 11.5 Å². The highest BCUT2D eigenvalue weighted by Crippen LogP contribution is 2.25. The van der Waals surface area contributed by atoms with Crippen LogP contribution in [0.25, 0.3) is 33.1 Å². The van der Waals surface area contributed by atoms with E-state index < -0.39 is 0 Å². The summed E-state index contributed by atoms with van der Waals surface area (Å²) >= 11 is 1.04. The molecule has 2 aromatic carbocycles. The highest BCUT2D eigenvalue weighted by Gasteiger charge is 2.16. The summed E-state index contributed by atoms with van der Waals surface area (Å²) in [5, 5.41) is 10.5. The number of thioether (sulfide) groups is 1. The van der Waals surface area contributed by atoms with E-state index in [0.717, 1.165) is 28.1 Å². The predicted octanol–water partition coefficient (Wildman–Crippen LogP) is 1.81. The maximum Gasteiger partial charge on any atom is 0.277 e. The molecular weight excluding hydrogens is 354 g/mol. The summed E-state index contributed by atoms with van der Waals surface area (Å²) in [5.74, 6) is 4.78. The number of pyridine rings is 1. The van der Waals surface area contributed by atoms with E-state index in [-0.39, 0.29) is 33.8 Å². The average molecular weight is 367 g/mol. The van der Waals surface area contributed by atoms with Crippen LogP contribution in [-0.4, -0.2) is 26.8 Å². The number of rotatable bonds is 4. The lowest BCUT2D eigenvalue weighted by Crippen LogP contribution is -2.31. The molecule has 0 fully saturated rings. The molecule has 130 valence electrons. The number of benzene rings is 2. The number of carbonyl (C=O) groups is 1. The zero-order valence-electron chi connectivity index (χ0n) is 13.4. The Kier molecular flexibility index (Phi) is 4.15. The predicted molar refractivity (Wildman–Crippen MR) is 98.4 cm³/mol. The smallest absolute Gasteiger partial charge is 0.277 e. The second-order valence-electron chi connectivity index (χ2n) is 5.47. The number of H-pyrrole nitrogens is 1. The maximum atomic E-state index is 12.9. The van der Waals surface area contributed by atoms with E-state index in [1.807, 2.05) is 35.8 Å². The largest absolute Gasteiger partial charge is 0.411 e. The normalized spacial score (nSPS) is 11.1. The van der Waals surface area contributed by atoms with Gasteiger partial charge >= 0.3 is 0 Å². The second-order valence-corrected chi connectivity index (χ2v) is 6.40. The molecule has 0 atom stereocenters. The fourth-order valence-electron chi connectivity index (χ4n) is 2.68. The quantitative estimate of drug-likeness (QED) is 0.165. The van der Waals surface area contributed by atoms with Gasteiger partial charge in [0.2, 0.25) is 11.3 Å². The maximum absolute atomic E-state index is 12.9. The second kappa shape index (κ2) is 6.62. The van der Waals surface area contributed by atoms with Crippen molar-refractivity contribution in [3.63, 3.8) is 0 Å². The van der Waals surface area contributed by atoms with Gasteiger partial charge < -0.3 is 9.40 Å². The summed E-state index contributed by atoms with van der Waals surface area (Å²) in [6, 6.07) is 11.5. The first-order chi connectivity index (χ1) is 12.7. The molecule has 0 aliphatic rings. The van der Waals surface area contributed by atoms with Crippen molar-refractivity contribution in [3.8, 4) is 11.5 Å². The monoisotopic (exact) mass is 367 g/mol. The lowest BCUT2D eigenvalue weighted by molar-refractivity contribution is -0.118. The Bertz CT molecular complexity index is 1180. The first-order valence-electron chi connectivity index (χ1n) is 7.66. The topological polar surface area (TPSA) is 127 Å². The third-order valence-corrected chi connectivity index (χ3v) is 4.72. The Labute approximate surface area is 150 Å². The lowest BCUT2D eigenvalue weighted by atomic mass is 10.0. The number of nitrogens with one attached hydrogen (secondary N) is 2. The summed E-state index contributed by atoms with van der Waals surface area (Å²) in [6.45, 7) is 0. The van der Waals surface area contributed by atoms with Gasteiger partial charge in [-0.1, -0.05) is 42.1 Å². The van der Waals surface area contributed by atoms with E-state index in [0.29, 0.717) is 5.39 Å². The molecule has 9 heteroatoms. The van der Waals surface area contributed by atoms with Crippen LogP contribution in [0.5, 0.6) is 0 Å². The fraction of sp³-hybridized carbons (Fsp3) is 0.0588. The van der Waals surface area contributed by atoms with E-state index in [2.05, 4.69) is 15.2 Å². The van der Waals surface area contributed by atoms with Gasteiger partial charge in [0.15, 0.2) is 0 Å². The highest BCUT2D eigenvalue weighted by atomic mass is 32.2. The fourth-order valence-corrected chi connectivity index (χ4v) is 3.25. The number of nitrogens with two attached hydrogens (primary N) is 1. The van der Waals surface area contributed by atoms with Crippen LogP contribution in [0.4, 0.5) is 0 Å². The Morgan fingerprint density at radius 1 is 1.19 bits per heavy atom. The summed E-state index contributed by atoms with van der Waals surface area (Å²) in [4.78, 5) is 27.2. The molecule has 1 amide bonds. The van der Waals surface area contributed by atoms with E-state index in [4.69, 9.17) is 10.3 Å². The molecule has 0 aliphatic carbocycles. The van der Waals surface area contributed by atoms with Crippen molar-refractivity contribution < 1.29 is 9.21 Å². The number of hydrogen-bond donors (Lipinski definition) is 3. The molecule has 0 spiro atoms. The standard InChI is InChI=1S/C17H13N5O3S/c18-20-13(23)8-26-17-22-21-16(25-17)12-7-19-14-10-4-2-1-3-9(10)5-6-11(14)15(12)24/h1-7H,8,18H2,(H,19,24)(H,20,23). The minimum atomic E-state index is -0.370. The molecule has 8 nitrogen and oxygen atoms in total. The average Bonchev–Trinajstić information content (AvgIpc) is 3.15. The van der Waals surface area contributed by atoms with E-state index >= 15 is 0 Å². The minimum Gasteiger partial charge on any atom is -0.411 e. The van der Waals surface area contributed by atoms with Crippen molar-refractivity contribution in [2.24, 2.45) is 5.84 Å². The number of aromatic nitrogens is 3. The molecule has 4 aromatic rings. The zero-order chi connectivity index (χ0) is 18.1. The van der Waals surface area contributed by atoms with Crippen molar-refractivity contribution >= 4 is 39.3 Å². The van der Waals surface area contributed by atoms with E-state index in [9.17, 15) is 9.59 Å². The molecule has 4 rings (SSSR count). The van der Waals surface area contributed by atoms with Crippen molar-refractivity contribution in [2.75, 3.05) is 5.75 Å². The number of hydrazine groups is 1. The molecule has 0 radical (unpaired) electrons. The number of hydrogen-bond acceptors (Lipinski definition) is 7.